The zero-order valence-electron chi connectivity index (χ0n) is 15.4. The van der Waals surface area contributed by atoms with Gasteiger partial charge in [-0.2, -0.15) is 0 Å². The number of methoxy groups -OCH3 is 1. The molecule has 1 heterocycles. The highest BCUT2D eigenvalue weighted by molar-refractivity contribution is 5.77. The minimum atomic E-state index is -0.487. The van der Waals surface area contributed by atoms with Crippen molar-refractivity contribution in [1.29, 1.82) is 0 Å². The first kappa shape index (κ1) is 19.2. The third kappa shape index (κ3) is 4.23. The fourth-order valence-electron chi connectivity index (χ4n) is 4.69. The Morgan fingerprint density at radius 2 is 1.96 bits per heavy atom. The highest BCUT2D eigenvalue weighted by atomic mass is 19.1. The minimum Gasteiger partial charge on any atom is -0.375 e. The van der Waals surface area contributed by atoms with Gasteiger partial charge in [0.2, 0.25) is 5.91 Å². The molecule has 1 aliphatic heterocycles. The Kier molecular flexibility index (Phi) is 6.24. The predicted molar refractivity (Wildman–Crippen MR) is 95.5 cm³/mol. The van der Waals surface area contributed by atoms with Gasteiger partial charge in [0.15, 0.2) is 0 Å². The Hall–Kier alpha value is -1.53. The average molecular weight is 366 g/mol. The van der Waals surface area contributed by atoms with Crippen LogP contribution in [0.3, 0.4) is 0 Å². The molecule has 4 nitrogen and oxygen atoms in total. The van der Waals surface area contributed by atoms with Gasteiger partial charge < -0.3 is 10.1 Å². The molecule has 2 aliphatic rings. The van der Waals surface area contributed by atoms with Crippen LogP contribution in [0.25, 0.3) is 0 Å². The van der Waals surface area contributed by atoms with Gasteiger partial charge in [-0.1, -0.05) is 25.3 Å². The van der Waals surface area contributed by atoms with Crippen LogP contribution < -0.4 is 5.32 Å². The molecule has 1 aromatic rings. The summed E-state index contributed by atoms with van der Waals surface area (Å²) in [7, 11) is 1.50. The molecule has 0 aromatic heterocycles. The first-order valence-electron chi connectivity index (χ1n) is 9.45. The number of halogens is 2. The van der Waals surface area contributed by atoms with Crippen molar-refractivity contribution in [1.82, 2.24) is 10.2 Å². The van der Waals surface area contributed by atoms with E-state index in [2.05, 4.69) is 10.2 Å². The SMILES string of the molecule is COCC(=O)NCC1CN(Cc2c(F)cccc2F)CC12CCCCC2. The van der Waals surface area contributed by atoms with Crippen molar-refractivity contribution in [3.63, 3.8) is 0 Å². The Morgan fingerprint density at radius 1 is 1.27 bits per heavy atom. The van der Waals surface area contributed by atoms with Crippen molar-refractivity contribution in [2.24, 2.45) is 11.3 Å². The topological polar surface area (TPSA) is 41.6 Å². The predicted octanol–water partition coefficient (Wildman–Crippen LogP) is 3.11. The summed E-state index contributed by atoms with van der Waals surface area (Å²) >= 11 is 0. The molecule has 1 aromatic carbocycles. The zero-order valence-corrected chi connectivity index (χ0v) is 15.4. The van der Waals surface area contributed by atoms with Gasteiger partial charge in [0, 0.05) is 38.9 Å². The molecule has 26 heavy (non-hydrogen) atoms. The van der Waals surface area contributed by atoms with Crippen molar-refractivity contribution in [2.45, 2.75) is 38.6 Å². The molecule has 3 rings (SSSR count). The number of nitrogens with zero attached hydrogens (tertiary/aromatic N) is 1. The van der Waals surface area contributed by atoms with Gasteiger partial charge in [-0.25, -0.2) is 8.78 Å². The summed E-state index contributed by atoms with van der Waals surface area (Å²) in [5, 5.41) is 2.97. The van der Waals surface area contributed by atoms with Crippen LogP contribution in [0, 0.1) is 23.0 Å². The number of carbonyl (C=O) groups is 1. The third-order valence-electron chi connectivity index (χ3n) is 6.00. The second-order valence-corrected chi connectivity index (χ2v) is 7.73. The smallest absolute Gasteiger partial charge is 0.245 e. The maximum absolute atomic E-state index is 14.0. The van der Waals surface area contributed by atoms with Crippen molar-refractivity contribution < 1.29 is 18.3 Å². The van der Waals surface area contributed by atoms with Crippen LogP contribution in [0.2, 0.25) is 0 Å². The Morgan fingerprint density at radius 3 is 2.62 bits per heavy atom. The fourth-order valence-corrected chi connectivity index (χ4v) is 4.69. The number of carbonyl (C=O) groups excluding carboxylic acids is 1. The van der Waals surface area contributed by atoms with Gasteiger partial charge >= 0.3 is 0 Å². The van der Waals surface area contributed by atoms with Crippen molar-refractivity contribution in [3.05, 3.63) is 35.4 Å². The van der Waals surface area contributed by atoms with E-state index in [0.29, 0.717) is 12.5 Å². The van der Waals surface area contributed by atoms with E-state index in [0.717, 1.165) is 25.9 Å². The molecule has 1 spiro atoms. The highest BCUT2D eigenvalue weighted by Gasteiger charge is 2.46. The minimum absolute atomic E-state index is 0.0594. The molecule has 1 atom stereocenters. The summed E-state index contributed by atoms with van der Waals surface area (Å²) in [4.78, 5) is 13.9. The van der Waals surface area contributed by atoms with Crippen LogP contribution in [0.1, 0.15) is 37.7 Å². The molecular weight excluding hydrogens is 338 g/mol. The first-order valence-corrected chi connectivity index (χ1v) is 9.45. The Labute approximate surface area is 153 Å². The molecule has 2 fully saturated rings. The lowest BCUT2D eigenvalue weighted by Gasteiger charge is -2.38. The molecule has 1 aliphatic carbocycles. The second kappa shape index (κ2) is 8.44. The molecule has 1 amide bonds. The standard InChI is InChI=1S/C20H28F2N2O2/c1-26-13-19(25)23-10-15-11-24(14-20(15)8-3-2-4-9-20)12-16-17(21)6-5-7-18(16)22/h5-7,15H,2-4,8-14H2,1H3,(H,23,25). The van der Waals surface area contributed by atoms with Crippen LogP contribution in [0.5, 0.6) is 0 Å². The molecule has 1 N–H and O–H groups in total. The van der Waals surface area contributed by atoms with E-state index >= 15 is 0 Å². The summed E-state index contributed by atoms with van der Waals surface area (Å²) in [6.07, 6.45) is 5.85. The number of amides is 1. The normalized spacial score (nSPS) is 22.7. The molecular formula is C20H28F2N2O2. The van der Waals surface area contributed by atoms with E-state index < -0.39 is 11.6 Å². The number of hydrogen-bond donors (Lipinski definition) is 1. The molecule has 0 bridgehead atoms. The highest BCUT2D eigenvalue weighted by Crippen LogP contribution is 2.47. The van der Waals surface area contributed by atoms with E-state index in [9.17, 15) is 13.6 Å². The number of benzene rings is 1. The molecule has 1 saturated carbocycles. The monoisotopic (exact) mass is 366 g/mol. The molecule has 1 saturated heterocycles. The Balaban J connectivity index is 1.70. The third-order valence-corrected chi connectivity index (χ3v) is 6.00. The summed E-state index contributed by atoms with van der Waals surface area (Å²) in [6, 6.07) is 4.02. The first-order chi connectivity index (χ1) is 12.5. The van der Waals surface area contributed by atoms with Gasteiger partial charge in [0.1, 0.15) is 18.2 Å². The maximum atomic E-state index is 14.0. The van der Waals surface area contributed by atoms with Crippen molar-refractivity contribution >= 4 is 5.91 Å². The number of ether oxygens (including phenoxy) is 1. The van der Waals surface area contributed by atoms with Crippen LogP contribution in [0.4, 0.5) is 8.78 Å². The molecule has 0 radical (unpaired) electrons. The van der Waals surface area contributed by atoms with Gasteiger partial charge in [-0.3, -0.25) is 9.69 Å². The summed E-state index contributed by atoms with van der Waals surface area (Å²) in [5.74, 6) is -0.783. The fraction of sp³-hybridized carbons (Fsp3) is 0.650. The van der Waals surface area contributed by atoms with Gasteiger partial charge in [-0.15, -0.1) is 0 Å². The Bertz CT molecular complexity index is 612. The summed E-state index contributed by atoms with van der Waals surface area (Å²) < 4.78 is 32.9. The van der Waals surface area contributed by atoms with E-state index in [1.54, 1.807) is 0 Å². The average Bonchev–Trinajstić information content (AvgIpc) is 2.94. The molecule has 6 heteroatoms. The lowest BCUT2D eigenvalue weighted by atomic mass is 9.67. The van der Waals surface area contributed by atoms with Gasteiger partial charge in [-0.05, 0) is 36.3 Å². The van der Waals surface area contributed by atoms with Crippen LogP contribution in [0.15, 0.2) is 18.2 Å². The lowest BCUT2D eigenvalue weighted by Crippen LogP contribution is -2.40. The lowest BCUT2D eigenvalue weighted by molar-refractivity contribution is -0.125. The van der Waals surface area contributed by atoms with Gasteiger partial charge in [0.05, 0.1) is 0 Å². The number of likely N-dealkylation sites (tertiary alicyclic amines) is 1. The maximum Gasteiger partial charge on any atom is 0.245 e. The number of nitrogens with one attached hydrogen (secondary N) is 1. The largest absolute Gasteiger partial charge is 0.375 e. The second-order valence-electron chi connectivity index (χ2n) is 7.73. The van der Waals surface area contributed by atoms with Crippen molar-refractivity contribution in [3.8, 4) is 0 Å². The molecule has 1 unspecified atom stereocenters. The number of hydrogen-bond acceptors (Lipinski definition) is 3. The van der Waals surface area contributed by atoms with Crippen molar-refractivity contribution in [2.75, 3.05) is 33.4 Å². The van der Waals surface area contributed by atoms with E-state index in [4.69, 9.17) is 4.74 Å². The molecule has 144 valence electrons. The quantitative estimate of drug-likeness (QED) is 0.841. The van der Waals surface area contributed by atoms with E-state index in [1.807, 2.05) is 0 Å². The van der Waals surface area contributed by atoms with E-state index in [-0.39, 0.29) is 30.0 Å². The van der Waals surface area contributed by atoms with Crippen LogP contribution >= 0.6 is 0 Å². The summed E-state index contributed by atoms with van der Waals surface area (Å²) in [5.41, 5.74) is 0.280. The van der Waals surface area contributed by atoms with Crippen LogP contribution in [-0.4, -0.2) is 44.2 Å². The number of rotatable bonds is 6. The van der Waals surface area contributed by atoms with Gasteiger partial charge in [0.25, 0.3) is 0 Å². The van der Waals surface area contributed by atoms with E-state index in [1.165, 1.54) is 44.6 Å². The summed E-state index contributed by atoms with van der Waals surface area (Å²) in [6.45, 7) is 2.53. The zero-order chi connectivity index (χ0) is 18.6. The van der Waals surface area contributed by atoms with Crippen LogP contribution in [-0.2, 0) is 16.1 Å².